The van der Waals surface area contributed by atoms with E-state index in [1.54, 1.807) is 11.8 Å². The van der Waals surface area contributed by atoms with Crippen molar-refractivity contribution < 1.29 is 9.90 Å². The van der Waals surface area contributed by atoms with E-state index in [4.69, 9.17) is 0 Å². The molecule has 1 aliphatic heterocycles. The van der Waals surface area contributed by atoms with Crippen LogP contribution in [0.25, 0.3) is 0 Å². The summed E-state index contributed by atoms with van der Waals surface area (Å²) in [4.78, 5) is 13.1. The van der Waals surface area contributed by atoms with E-state index in [-0.39, 0.29) is 0 Å². The molecule has 3 rings (SSSR count). The molecule has 0 radical (unpaired) electrons. The first-order chi connectivity index (χ1) is 10.2. The van der Waals surface area contributed by atoms with Crippen molar-refractivity contribution in [2.75, 3.05) is 5.75 Å². The smallest absolute Gasteiger partial charge is 0.328 e. The largest absolute Gasteiger partial charge is 0.480 e. The molecular formula is C17H17NO2S. The van der Waals surface area contributed by atoms with Crippen LogP contribution in [-0.4, -0.2) is 16.8 Å². The van der Waals surface area contributed by atoms with E-state index >= 15 is 0 Å². The van der Waals surface area contributed by atoms with Gasteiger partial charge >= 0.3 is 5.97 Å². The van der Waals surface area contributed by atoms with E-state index in [1.807, 2.05) is 54.6 Å². The Morgan fingerprint density at radius 3 is 2.62 bits per heavy atom. The second kappa shape index (κ2) is 5.92. The highest BCUT2D eigenvalue weighted by Crippen LogP contribution is 2.40. The zero-order valence-corrected chi connectivity index (χ0v) is 12.4. The Morgan fingerprint density at radius 2 is 1.86 bits per heavy atom. The Bertz CT molecular complexity index is 644. The zero-order valence-electron chi connectivity index (χ0n) is 11.6. The number of carboxylic acid groups (broad SMARTS) is 1. The second-order valence-electron chi connectivity index (χ2n) is 5.14. The summed E-state index contributed by atoms with van der Waals surface area (Å²) >= 11 is 1.73. The lowest BCUT2D eigenvalue weighted by atomic mass is 9.86. The van der Waals surface area contributed by atoms with Crippen LogP contribution in [0.3, 0.4) is 0 Å². The maximum absolute atomic E-state index is 12.0. The van der Waals surface area contributed by atoms with Gasteiger partial charge in [0.1, 0.15) is 5.54 Å². The Hall–Kier alpha value is -1.78. The van der Waals surface area contributed by atoms with Gasteiger partial charge in [-0.25, -0.2) is 4.79 Å². The number of aliphatic carboxylic acids is 1. The predicted molar refractivity (Wildman–Crippen MR) is 84.4 cm³/mol. The van der Waals surface area contributed by atoms with Crippen LogP contribution >= 0.6 is 11.8 Å². The van der Waals surface area contributed by atoms with E-state index < -0.39 is 11.5 Å². The average molecular weight is 299 g/mol. The molecule has 21 heavy (non-hydrogen) atoms. The third-order valence-corrected chi connectivity index (χ3v) is 4.96. The van der Waals surface area contributed by atoms with Crippen molar-refractivity contribution in [1.82, 2.24) is 5.32 Å². The number of carboxylic acids is 1. The molecule has 0 fully saturated rings. The number of fused-ring (bicyclic) bond motifs is 1. The molecule has 1 atom stereocenters. The van der Waals surface area contributed by atoms with Gasteiger partial charge < -0.3 is 5.11 Å². The van der Waals surface area contributed by atoms with Gasteiger partial charge in [-0.1, -0.05) is 48.5 Å². The Kier molecular flexibility index (Phi) is 3.99. The maximum atomic E-state index is 12.0. The fourth-order valence-electron chi connectivity index (χ4n) is 2.72. The van der Waals surface area contributed by atoms with Crippen molar-refractivity contribution in [2.24, 2.45) is 0 Å². The van der Waals surface area contributed by atoms with Crippen LogP contribution in [0.15, 0.2) is 59.5 Å². The molecule has 1 unspecified atom stereocenters. The van der Waals surface area contributed by atoms with Crippen molar-refractivity contribution in [2.45, 2.75) is 23.4 Å². The number of rotatable bonds is 4. The van der Waals surface area contributed by atoms with E-state index in [0.29, 0.717) is 13.0 Å². The number of nitrogens with one attached hydrogen (secondary N) is 1. The van der Waals surface area contributed by atoms with E-state index in [0.717, 1.165) is 21.8 Å². The topological polar surface area (TPSA) is 49.3 Å². The minimum atomic E-state index is -0.988. The Balaban J connectivity index is 1.93. The molecular weight excluding hydrogens is 282 g/mol. The van der Waals surface area contributed by atoms with E-state index in [1.165, 1.54) is 0 Å². The van der Waals surface area contributed by atoms with Gasteiger partial charge in [0.15, 0.2) is 0 Å². The Morgan fingerprint density at radius 1 is 1.14 bits per heavy atom. The number of hydrogen-bond donors (Lipinski definition) is 2. The molecule has 0 spiro atoms. The van der Waals surface area contributed by atoms with Gasteiger partial charge in [0, 0.05) is 17.2 Å². The molecule has 3 nitrogen and oxygen atoms in total. The quantitative estimate of drug-likeness (QED) is 0.910. The molecule has 0 aromatic heterocycles. The highest BCUT2D eigenvalue weighted by Gasteiger charge is 2.43. The van der Waals surface area contributed by atoms with Crippen LogP contribution in [0.2, 0.25) is 0 Å². The summed E-state index contributed by atoms with van der Waals surface area (Å²) in [5, 5.41) is 13.1. The Labute approximate surface area is 128 Å². The fourth-order valence-corrected chi connectivity index (χ4v) is 3.92. The molecule has 0 saturated carbocycles. The predicted octanol–water partition coefficient (Wildman–Crippen LogP) is 3.25. The van der Waals surface area contributed by atoms with Crippen molar-refractivity contribution in [1.29, 1.82) is 0 Å². The third kappa shape index (κ3) is 2.69. The van der Waals surface area contributed by atoms with Crippen molar-refractivity contribution in [3.8, 4) is 0 Å². The van der Waals surface area contributed by atoms with E-state index in [9.17, 15) is 9.90 Å². The maximum Gasteiger partial charge on any atom is 0.328 e. The standard InChI is InChI=1S/C17H17NO2S/c19-16(20)17(18-12-13-6-2-1-3-7-13)10-11-21-15-9-5-4-8-14(15)17/h1-9,18H,10-12H2,(H,19,20). The van der Waals surface area contributed by atoms with Gasteiger partial charge in [-0.15, -0.1) is 11.8 Å². The summed E-state index contributed by atoms with van der Waals surface area (Å²) < 4.78 is 0. The van der Waals surface area contributed by atoms with Crippen LogP contribution in [-0.2, 0) is 16.9 Å². The lowest BCUT2D eigenvalue weighted by Gasteiger charge is -2.36. The van der Waals surface area contributed by atoms with Crippen LogP contribution < -0.4 is 5.32 Å². The minimum Gasteiger partial charge on any atom is -0.480 e. The molecule has 108 valence electrons. The summed E-state index contributed by atoms with van der Waals surface area (Å²) in [7, 11) is 0. The van der Waals surface area contributed by atoms with Gasteiger partial charge in [-0.3, -0.25) is 5.32 Å². The van der Waals surface area contributed by atoms with Gasteiger partial charge in [-0.05, 0) is 23.6 Å². The highest BCUT2D eigenvalue weighted by atomic mass is 32.2. The lowest BCUT2D eigenvalue weighted by Crippen LogP contribution is -2.50. The molecule has 0 amide bonds. The molecule has 0 aliphatic carbocycles. The normalized spacial score (nSPS) is 20.8. The molecule has 2 aromatic rings. The second-order valence-corrected chi connectivity index (χ2v) is 6.28. The first kappa shape index (κ1) is 14.2. The number of thioether (sulfide) groups is 1. The molecule has 1 aliphatic rings. The third-order valence-electron chi connectivity index (χ3n) is 3.88. The van der Waals surface area contributed by atoms with Crippen LogP contribution in [0.5, 0.6) is 0 Å². The van der Waals surface area contributed by atoms with Crippen molar-refractivity contribution in [3.05, 3.63) is 65.7 Å². The molecule has 0 saturated heterocycles. The van der Waals surface area contributed by atoms with Crippen LogP contribution in [0, 0.1) is 0 Å². The van der Waals surface area contributed by atoms with Gasteiger partial charge in [0.25, 0.3) is 0 Å². The number of benzene rings is 2. The van der Waals surface area contributed by atoms with Gasteiger partial charge in [-0.2, -0.15) is 0 Å². The molecule has 0 bridgehead atoms. The van der Waals surface area contributed by atoms with E-state index in [2.05, 4.69) is 5.32 Å². The van der Waals surface area contributed by atoms with Crippen LogP contribution in [0.4, 0.5) is 0 Å². The molecule has 2 N–H and O–H groups in total. The highest BCUT2D eigenvalue weighted by molar-refractivity contribution is 7.99. The number of hydrogen-bond acceptors (Lipinski definition) is 3. The zero-order chi connectivity index (χ0) is 14.7. The molecule has 2 aromatic carbocycles. The minimum absolute atomic E-state index is 0.548. The van der Waals surface area contributed by atoms with Crippen molar-refractivity contribution in [3.63, 3.8) is 0 Å². The molecule has 1 heterocycles. The summed E-state index contributed by atoms with van der Waals surface area (Å²) in [5.74, 6) is 0.0108. The van der Waals surface area contributed by atoms with Gasteiger partial charge in [0.05, 0.1) is 0 Å². The lowest BCUT2D eigenvalue weighted by molar-refractivity contribution is -0.145. The summed E-state index contributed by atoms with van der Waals surface area (Å²) in [6.07, 6.45) is 0.594. The van der Waals surface area contributed by atoms with Crippen molar-refractivity contribution >= 4 is 17.7 Å². The summed E-state index contributed by atoms with van der Waals surface area (Å²) in [6, 6.07) is 17.7. The average Bonchev–Trinajstić information content (AvgIpc) is 2.53. The molecule has 4 heteroatoms. The number of carbonyl (C=O) groups is 1. The SMILES string of the molecule is O=C(O)C1(NCc2ccccc2)CCSc2ccccc21. The first-order valence-corrected chi connectivity index (χ1v) is 7.95. The summed E-state index contributed by atoms with van der Waals surface area (Å²) in [5.41, 5.74) is 0.982. The summed E-state index contributed by atoms with van der Waals surface area (Å²) in [6.45, 7) is 0.548. The monoisotopic (exact) mass is 299 g/mol. The van der Waals surface area contributed by atoms with Crippen LogP contribution in [0.1, 0.15) is 17.5 Å². The fraction of sp³-hybridized carbons (Fsp3) is 0.235. The first-order valence-electron chi connectivity index (χ1n) is 6.97. The van der Waals surface area contributed by atoms with Gasteiger partial charge in [0.2, 0.25) is 0 Å².